The number of hydrogen-bond acceptors (Lipinski definition) is 3. The van der Waals surface area contributed by atoms with E-state index in [0.717, 1.165) is 22.4 Å². The molecule has 1 amide bonds. The number of carbonyl (C=O) groups excluding carboxylic acids is 2. The molecule has 3 atom stereocenters. The summed E-state index contributed by atoms with van der Waals surface area (Å²) in [5.41, 5.74) is 3.22. The molecule has 2 aromatic rings. The lowest BCUT2D eigenvalue weighted by Crippen LogP contribution is -2.39. The van der Waals surface area contributed by atoms with Crippen LogP contribution in [0.1, 0.15) is 36.5 Å². The second-order valence-corrected chi connectivity index (χ2v) is 6.83. The lowest BCUT2D eigenvalue weighted by molar-refractivity contribution is -0.146. The predicted octanol–water partition coefficient (Wildman–Crippen LogP) is 3.33. The summed E-state index contributed by atoms with van der Waals surface area (Å²) in [7, 11) is 0. The fraction of sp³-hybridized carbons (Fsp3) is 0.333. The van der Waals surface area contributed by atoms with Gasteiger partial charge in [0.2, 0.25) is 5.91 Å². The maximum Gasteiger partial charge on any atom is 0.319 e. The summed E-state index contributed by atoms with van der Waals surface area (Å²) in [6.45, 7) is 5.72. The van der Waals surface area contributed by atoms with Gasteiger partial charge < -0.3 is 9.64 Å². The normalized spacial score (nSPS) is 26.0. The molecular weight excluding hydrogens is 314 g/mol. The first kappa shape index (κ1) is 15.9. The van der Waals surface area contributed by atoms with Crippen LogP contribution in [0.5, 0.6) is 0 Å². The summed E-state index contributed by atoms with van der Waals surface area (Å²) in [5.74, 6) is -0.331. The number of para-hydroxylation sites is 1. The minimum atomic E-state index is -0.802. The third kappa shape index (κ3) is 2.00. The average molecular weight is 335 g/mol. The van der Waals surface area contributed by atoms with Gasteiger partial charge in [-0.3, -0.25) is 9.59 Å². The maximum atomic E-state index is 13.0. The van der Waals surface area contributed by atoms with E-state index in [2.05, 4.69) is 0 Å². The number of benzene rings is 2. The van der Waals surface area contributed by atoms with Gasteiger partial charge in [-0.05, 0) is 31.0 Å². The van der Waals surface area contributed by atoms with Crippen molar-refractivity contribution >= 4 is 17.6 Å². The van der Waals surface area contributed by atoms with Crippen LogP contribution in [-0.2, 0) is 19.7 Å². The standard InChI is InChI=1S/C21H21NO3/c1-4-25-20(24)21(15-11-9-13(2)10-12-15)18-16-7-5-6-8-17(16)22(14(3)23)19(18)21/h5-12,18-19H,4H2,1-3H3. The zero-order chi connectivity index (χ0) is 17.8. The molecule has 2 aliphatic rings. The van der Waals surface area contributed by atoms with Gasteiger partial charge >= 0.3 is 5.97 Å². The molecule has 0 N–H and O–H groups in total. The van der Waals surface area contributed by atoms with E-state index in [9.17, 15) is 9.59 Å². The van der Waals surface area contributed by atoms with E-state index in [1.807, 2.05) is 62.4 Å². The molecule has 1 aliphatic carbocycles. The van der Waals surface area contributed by atoms with Gasteiger partial charge in [0.15, 0.2) is 0 Å². The van der Waals surface area contributed by atoms with Crippen LogP contribution in [0.4, 0.5) is 5.69 Å². The number of amides is 1. The molecule has 0 aromatic heterocycles. The lowest BCUT2D eigenvalue weighted by atomic mass is 9.88. The van der Waals surface area contributed by atoms with E-state index in [1.165, 1.54) is 0 Å². The Hall–Kier alpha value is -2.62. The number of carbonyl (C=O) groups is 2. The van der Waals surface area contributed by atoms with Gasteiger partial charge in [-0.1, -0.05) is 48.0 Å². The molecule has 128 valence electrons. The monoisotopic (exact) mass is 335 g/mol. The third-order valence-corrected chi connectivity index (χ3v) is 5.45. The number of nitrogens with zero attached hydrogens (tertiary/aromatic N) is 1. The van der Waals surface area contributed by atoms with Gasteiger partial charge in [0, 0.05) is 18.5 Å². The molecule has 0 spiro atoms. The van der Waals surface area contributed by atoms with Crippen LogP contribution in [0.15, 0.2) is 48.5 Å². The second-order valence-electron chi connectivity index (χ2n) is 6.83. The largest absolute Gasteiger partial charge is 0.465 e. The summed E-state index contributed by atoms with van der Waals surface area (Å²) in [6, 6.07) is 15.7. The summed E-state index contributed by atoms with van der Waals surface area (Å²) < 4.78 is 5.46. The fourth-order valence-corrected chi connectivity index (χ4v) is 4.42. The Morgan fingerprint density at radius 1 is 1.12 bits per heavy atom. The molecule has 0 saturated heterocycles. The van der Waals surface area contributed by atoms with Crippen molar-refractivity contribution in [2.24, 2.45) is 0 Å². The molecule has 1 fully saturated rings. The van der Waals surface area contributed by atoms with Crippen LogP contribution in [0.25, 0.3) is 0 Å². The van der Waals surface area contributed by atoms with Crippen molar-refractivity contribution in [2.45, 2.75) is 38.1 Å². The van der Waals surface area contributed by atoms with E-state index in [-0.39, 0.29) is 23.8 Å². The number of aryl methyl sites for hydroxylation is 1. The van der Waals surface area contributed by atoms with Crippen molar-refractivity contribution < 1.29 is 14.3 Å². The number of fused-ring (bicyclic) bond motifs is 3. The highest BCUT2D eigenvalue weighted by Crippen LogP contribution is 2.69. The summed E-state index contributed by atoms with van der Waals surface area (Å²) in [6.07, 6.45) is 0. The highest BCUT2D eigenvalue weighted by atomic mass is 16.5. The van der Waals surface area contributed by atoms with E-state index in [0.29, 0.717) is 6.61 Å². The minimum absolute atomic E-state index is 0.0433. The predicted molar refractivity (Wildman–Crippen MR) is 95.6 cm³/mol. The van der Waals surface area contributed by atoms with Gasteiger partial charge in [-0.25, -0.2) is 0 Å². The van der Waals surface area contributed by atoms with Crippen molar-refractivity contribution in [3.8, 4) is 0 Å². The van der Waals surface area contributed by atoms with E-state index in [4.69, 9.17) is 4.74 Å². The Morgan fingerprint density at radius 2 is 1.80 bits per heavy atom. The summed E-state index contributed by atoms with van der Waals surface area (Å²) in [5, 5.41) is 0. The number of hydrogen-bond donors (Lipinski definition) is 0. The lowest BCUT2D eigenvalue weighted by Gasteiger charge is -2.27. The first-order valence-corrected chi connectivity index (χ1v) is 8.66. The Balaban J connectivity index is 1.90. The SMILES string of the molecule is CCOC(=O)C1(c2ccc(C)cc2)C2c3ccccc3N(C(C)=O)C21. The highest BCUT2D eigenvalue weighted by Gasteiger charge is 2.78. The highest BCUT2D eigenvalue weighted by molar-refractivity contribution is 6.04. The number of anilines is 1. The van der Waals surface area contributed by atoms with E-state index >= 15 is 0 Å². The molecule has 0 bridgehead atoms. The van der Waals surface area contributed by atoms with Crippen LogP contribution in [-0.4, -0.2) is 24.5 Å². The van der Waals surface area contributed by atoms with Crippen LogP contribution >= 0.6 is 0 Å². The number of ether oxygens (including phenoxy) is 1. The zero-order valence-electron chi connectivity index (χ0n) is 14.7. The number of rotatable bonds is 3. The quantitative estimate of drug-likeness (QED) is 0.808. The van der Waals surface area contributed by atoms with E-state index < -0.39 is 5.41 Å². The van der Waals surface area contributed by atoms with Gasteiger partial charge in [-0.2, -0.15) is 0 Å². The average Bonchev–Trinajstić information content (AvgIpc) is 3.14. The second kappa shape index (κ2) is 5.45. The smallest absolute Gasteiger partial charge is 0.319 e. The molecule has 1 saturated carbocycles. The van der Waals surface area contributed by atoms with Crippen molar-refractivity contribution in [3.63, 3.8) is 0 Å². The van der Waals surface area contributed by atoms with Crippen LogP contribution in [0.3, 0.4) is 0 Å². The molecule has 4 heteroatoms. The molecule has 1 aliphatic heterocycles. The fourth-order valence-electron chi connectivity index (χ4n) is 4.42. The molecule has 4 rings (SSSR count). The van der Waals surface area contributed by atoms with Crippen molar-refractivity contribution in [3.05, 3.63) is 65.2 Å². The van der Waals surface area contributed by atoms with Gasteiger partial charge in [0.25, 0.3) is 0 Å². The Bertz CT molecular complexity index is 858. The summed E-state index contributed by atoms with van der Waals surface area (Å²) in [4.78, 5) is 27.2. The molecular formula is C21H21NO3. The Kier molecular flexibility index (Phi) is 3.46. The first-order valence-electron chi connectivity index (χ1n) is 8.66. The minimum Gasteiger partial charge on any atom is -0.465 e. The first-order chi connectivity index (χ1) is 12.0. The van der Waals surface area contributed by atoms with E-state index in [1.54, 1.807) is 11.8 Å². The van der Waals surface area contributed by atoms with Gasteiger partial charge in [0.1, 0.15) is 5.41 Å². The van der Waals surface area contributed by atoms with Gasteiger partial charge in [0.05, 0.1) is 12.6 Å². The maximum absolute atomic E-state index is 13.0. The topological polar surface area (TPSA) is 46.6 Å². The molecule has 25 heavy (non-hydrogen) atoms. The molecule has 0 radical (unpaired) electrons. The number of esters is 1. The van der Waals surface area contributed by atoms with Crippen LogP contribution in [0, 0.1) is 6.92 Å². The summed E-state index contributed by atoms with van der Waals surface area (Å²) >= 11 is 0. The Morgan fingerprint density at radius 3 is 2.44 bits per heavy atom. The zero-order valence-corrected chi connectivity index (χ0v) is 14.7. The van der Waals surface area contributed by atoms with Crippen LogP contribution in [0.2, 0.25) is 0 Å². The molecule has 2 aromatic carbocycles. The molecule has 4 nitrogen and oxygen atoms in total. The van der Waals surface area contributed by atoms with Gasteiger partial charge in [-0.15, -0.1) is 0 Å². The third-order valence-electron chi connectivity index (χ3n) is 5.45. The van der Waals surface area contributed by atoms with Crippen LogP contribution < -0.4 is 4.90 Å². The van der Waals surface area contributed by atoms with Crippen molar-refractivity contribution in [1.82, 2.24) is 0 Å². The molecule has 3 unspecified atom stereocenters. The van der Waals surface area contributed by atoms with Crippen molar-refractivity contribution in [2.75, 3.05) is 11.5 Å². The Labute approximate surface area is 147 Å². The molecule has 1 heterocycles. The van der Waals surface area contributed by atoms with Crippen molar-refractivity contribution in [1.29, 1.82) is 0 Å².